The van der Waals surface area contributed by atoms with Crippen molar-refractivity contribution in [3.8, 4) is 6.07 Å². The number of hydrogen-bond acceptors (Lipinski definition) is 5. The number of nitrogens with zero attached hydrogens (tertiary/aromatic N) is 2. The normalized spacial score (nSPS) is 21.5. The smallest absolute Gasteiger partial charge is 0.252 e. The number of rotatable bonds is 3. The zero-order valence-corrected chi connectivity index (χ0v) is 10.7. The standard InChI is InChI=1S/C10H12N2O3S2/c11-6-9-3-4-10(16-9)17(14,15)12-5-1-2-8(12)7-13/h3-4,8,13H,1-2,5,7H2/t8-/m1/s1. The summed E-state index contributed by atoms with van der Waals surface area (Å²) in [7, 11) is -3.55. The molecule has 1 atom stereocenters. The van der Waals surface area contributed by atoms with Crippen molar-refractivity contribution in [2.75, 3.05) is 13.2 Å². The van der Waals surface area contributed by atoms with Crippen molar-refractivity contribution < 1.29 is 13.5 Å². The van der Waals surface area contributed by atoms with Gasteiger partial charge < -0.3 is 5.11 Å². The van der Waals surface area contributed by atoms with Gasteiger partial charge in [-0.3, -0.25) is 0 Å². The fraction of sp³-hybridized carbons (Fsp3) is 0.500. The molecule has 1 aliphatic rings. The van der Waals surface area contributed by atoms with Crippen LogP contribution >= 0.6 is 11.3 Å². The molecular weight excluding hydrogens is 260 g/mol. The Morgan fingerprint density at radius 3 is 2.94 bits per heavy atom. The van der Waals surface area contributed by atoms with Gasteiger partial charge in [-0.2, -0.15) is 9.57 Å². The third-order valence-corrected chi connectivity index (χ3v) is 6.20. The van der Waals surface area contributed by atoms with E-state index in [2.05, 4.69) is 0 Å². The lowest BCUT2D eigenvalue weighted by Crippen LogP contribution is -2.37. The predicted molar refractivity (Wildman–Crippen MR) is 63.0 cm³/mol. The van der Waals surface area contributed by atoms with E-state index in [0.717, 1.165) is 17.8 Å². The molecule has 0 aromatic carbocycles. The number of nitriles is 1. The summed E-state index contributed by atoms with van der Waals surface area (Å²) in [5.74, 6) is 0. The summed E-state index contributed by atoms with van der Waals surface area (Å²) in [4.78, 5) is 0.378. The van der Waals surface area contributed by atoms with E-state index in [1.807, 2.05) is 6.07 Å². The van der Waals surface area contributed by atoms with Crippen LogP contribution < -0.4 is 0 Å². The lowest BCUT2D eigenvalue weighted by Gasteiger charge is -2.21. The minimum Gasteiger partial charge on any atom is -0.395 e. The van der Waals surface area contributed by atoms with E-state index in [0.29, 0.717) is 17.8 Å². The average Bonchev–Trinajstić information content (AvgIpc) is 2.97. The van der Waals surface area contributed by atoms with Crippen LogP contribution in [0.25, 0.3) is 0 Å². The second kappa shape index (κ2) is 4.74. The van der Waals surface area contributed by atoms with Crippen molar-refractivity contribution in [3.05, 3.63) is 17.0 Å². The van der Waals surface area contributed by atoms with Gasteiger partial charge in [0.15, 0.2) is 0 Å². The molecule has 1 fully saturated rings. The molecule has 92 valence electrons. The van der Waals surface area contributed by atoms with Gasteiger partial charge in [-0.1, -0.05) is 0 Å². The number of thiophene rings is 1. The third kappa shape index (κ3) is 2.21. The first-order valence-corrected chi connectivity index (χ1v) is 7.48. The molecule has 2 heterocycles. The molecule has 17 heavy (non-hydrogen) atoms. The summed E-state index contributed by atoms with van der Waals surface area (Å²) >= 11 is 0.967. The molecule has 0 spiro atoms. The van der Waals surface area contributed by atoms with Crippen LogP contribution in [0.15, 0.2) is 16.3 Å². The zero-order chi connectivity index (χ0) is 12.5. The van der Waals surface area contributed by atoms with Gasteiger partial charge >= 0.3 is 0 Å². The molecule has 5 nitrogen and oxygen atoms in total. The highest BCUT2D eigenvalue weighted by Crippen LogP contribution is 2.29. The molecule has 1 aliphatic heterocycles. The van der Waals surface area contributed by atoms with Crippen LogP contribution in [-0.4, -0.2) is 37.0 Å². The quantitative estimate of drug-likeness (QED) is 0.881. The highest BCUT2D eigenvalue weighted by atomic mass is 32.2. The highest BCUT2D eigenvalue weighted by Gasteiger charge is 2.35. The molecule has 2 rings (SSSR count). The van der Waals surface area contributed by atoms with Crippen LogP contribution in [0.2, 0.25) is 0 Å². The van der Waals surface area contributed by atoms with E-state index in [1.54, 1.807) is 0 Å². The number of hydrogen-bond donors (Lipinski definition) is 1. The van der Waals surface area contributed by atoms with Gasteiger partial charge in [0.25, 0.3) is 10.0 Å². The van der Waals surface area contributed by atoms with Gasteiger partial charge in [0, 0.05) is 12.6 Å². The maximum absolute atomic E-state index is 12.2. The lowest BCUT2D eigenvalue weighted by atomic mass is 10.2. The first kappa shape index (κ1) is 12.5. The van der Waals surface area contributed by atoms with Crippen molar-refractivity contribution >= 4 is 21.4 Å². The van der Waals surface area contributed by atoms with Gasteiger partial charge in [0.05, 0.1) is 6.61 Å². The lowest BCUT2D eigenvalue weighted by molar-refractivity contribution is 0.213. The zero-order valence-electron chi connectivity index (χ0n) is 9.04. The average molecular weight is 272 g/mol. The van der Waals surface area contributed by atoms with Crippen LogP contribution in [0, 0.1) is 11.3 Å². The topological polar surface area (TPSA) is 81.4 Å². The highest BCUT2D eigenvalue weighted by molar-refractivity contribution is 7.91. The van der Waals surface area contributed by atoms with Crippen LogP contribution in [0.4, 0.5) is 0 Å². The van der Waals surface area contributed by atoms with E-state index < -0.39 is 10.0 Å². The van der Waals surface area contributed by atoms with Crippen molar-refractivity contribution in [1.82, 2.24) is 4.31 Å². The summed E-state index contributed by atoms with van der Waals surface area (Å²) in [5.41, 5.74) is 0. The maximum atomic E-state index is 12.2. The Labute approximate surface area is 104 Å². The minimum absolute atomic E-state index is 0.157. The molecule has 1 N–H and O–H groups in total. The Morgan fingerprint density at radius 1 is 1.59 bits per heavy atom. The number of aliphatic hydroxyl groups is 1. The molecule has 0 amide bonds. The van der Waals surface area contributed by atoms with Gasteiger partial charge in [-0.25, -0.2) is 8.42 Å². The predicted octanol–water partition coefficient (Wildman–Crippen LogP) is 0.765. The Hall–Kier alpha value is -0.940. The number of aliphatic hydroxyl groups excluding tert-OH is 1. The van der Waals surface area contributed by atoms with Crippen molar-refractivity contribution in [1.29, 1.82) is 5.26 Å². The van der Waals surface area contributed by atoms with Gasteiger partial charge in [-0.05, 0) is 25.0 Å². The van der Waals surface area contributed by atoms with Crippen LogP contribution in [0.5, 0.6) is 0 Å². The Balaban J connectivity index is 2.33. The van der Waals surface area contributed by atoms with E-state index >= 15 is 0 Å². The van der Waals surface area contributed by atoms with E-state index in [1.165, 1.54) is 16.4 Å². The summed E-state index contributed by atoms with van der Waals surface area (Å²) < 4.78 is 26.0. The monoisotopic (exact) mass is 272 g/mol. The summed E-state index contributed by atoms with van der Waals surface area (Å²) in [6, 6.07) is 4.55. The Morgan fingerprint density at radius 2 is 2.35 bits per heavy atom. The second-order valence-electron chi connectivity index (χ2n) is 3.82. The Bertz CT molecular complexity index is 544. The number of sulfonamides is 1. The molecule has 7 heteroatoms. The van der Waals surface area contributed by atoms with Gasteiger partial charge in [0.1, 0.15) is 15.2 Å². The van der Waals surface area contributed by atoms with Crippen LogP contribution in [0.3, 0.4) is 0 Å². The fourth-order valence-electron chi connectivity index (χ4n) is 1.94. The first-order chi connectivity index (χ1) is 8.09. The largest absolute Gasteiger partial charge is 0.395 e. The molecule has 0 bridgehead atoms. The summed E-state index contributed by atoms with van der Waals surface area (Å²) in [6.07, 6.45) is 1.45. The van der Waals surface area contributed by atoms with Crippen LogP contribution in [-0.2, 0) is 10.0 Å². The van der Waals surface area contributed by atoms with Gasteiger partial charge in [-0.15, -0.1) is 11.3 Å². The van der Waals surface area contributed by atoms with Crippen molar-refractivity contribution in [3.63, 3.8) is 0 Å². The molecule has 0 radical (unpaired) electrons. The summed E-state index contributed by atoms with van der Waals surface area (Å²) in [5, 5.41) is 17.8. The summed E-state index contributed by atoms with van der Waals surface area (Å²) in [6.45, 7) is 0.281. The SMILES string of the molecule is N#Cc1ccc(S(=O)(=O)N2CCC[C@@H]2CO)s1. The Kier molecular flexibility index (Phi) is 3.49. The molecule has 0 unspecified atom stereocenters. The second-order valence-corrected chi connectivity index (χ2v) is 7.03. The molecular formula is C10H12N2O3S2. The minimum atomic E-state index is -3.55. The maximum Gasteiger partial charge on any atom is 0.252 e. The molecule has 1 aromatic rings. The fourth-order valence-corrected chi connectivity index (χ4v) is 4.86. The van der Waals surface area contributed by atoms with E-state index in [9.17, 15) is 8.42 Å². The third-order valence-electron chi connectivity index (χ3n) is 2.79. The molecule has 1 aromatic heterocycles. The first-order valence-electron chi connectivity index (χ1n) is 5.22. The molecule has 0 aliphatic carbocycles. The van der Waals surface area contributed by atoms with Crippen molar-refractivity contribution in [2.45, 2.75) is 23.1 Å². The van der Waals surface area contributed by atoms with E-state index in [-0.39, 0.29) is 16.9 Å². The molecule has 1 saturated heterocycles. The van der Waals surface area contributed by atoms with Crippen molar-refractivity contribution in [2.24, 2.45) is 0 Å². The van der Waals surface area contributed by atoms with E-state index in [4.69, 9.17) is 10.4 Å². The molecule has 0 saturated carbocycles. The van der Waals surface area contributed by atoms with Crippen LogP contribution in [0.1, 0.15) is 17.7 Å². The van der Waals surface area contributed by atoms with Gasteiger partial charge in [0.2, 0.25) is 0 Å².